The molecule has 0 aromatic carbocycles. The monoisotopic (exact) mass is 292 g/mol. The summed E-state index contributed by atoms with van der Waals surface area (Å²) in [6.45, 7) is 3.17. The van der Waals surface area contributed by atoms with Crippen molar-refractivity contribution in [1.82, 2.24) is 0 Å². The van der Waals surface area contributed by atoms with Gasteiger partial charge in [0.1, 0.15) is 24.4 Å². The highest BCUT2D eigenvalue weighted by atomic mass is 16.7. The molecule has 0 aromatic rings. The maximum absolute atomic E-state index is 5.94. The van der Waals surface area contributed by atoms with E-state index in [1.165, 1.54) is 0 Å². The van der Waals surface area contributed by atoms with Crippen LogP contribution < -0.4 is 0 Å². The Morgan fingerprint density at radius 1 is 0.900 bits per heavy atom. The Morgan fingerprint density at radius 2 is 1.55 bits per heavy atom. The van der Waals surface area contributed by atoms with Crippen molar-refractivity contribution in [3.8, 4) is 0 Å². The van der Waals surface area contributed by atoms with Gasteiger partial charge in [-0.2, -0.15) is 0 Å². The topological polar surface area (TPSA) is 55.4 Å². The molecule has 1 rings (SSSR count). The molecule has 1 saturated heterocycles. The van der Waals surface area contributed by atoms with Crippen LogP contribution in [0.15, 0.2) is 0 Å². The summed E-state index contributed by atoms with van der Waals surface area (Å²) < 4.78 is 33.5. The zero-order chi connectivity index (χ0) is 15.0. The number of ether oxygens (including phenoxy) is 6. The van der Waals surface area contributed by atoms with E-state index in [0.717, 1.165) is 12.8 Å². The number of hydrogen-bond donors (Lipinski definition) is 0. The van der Waals surface area contributed by atoms with E-state index < -0.39 is 6.29 Å². The van der Waals surface area contributed by atoms with Crippen molar-refractivity contribution in [1.29, 1.82) is 0 Å². The quantitative estimate of drug-likeness (QED) is 0.596. The van der Waals surface area contributed by atoms with Crippen molar-refractivity contribution in [2.24, 2.45) is 0 Å². The van der Waals surface area contributed by atoms with E-state index in [9.17, 15) is 0 Å². The molecule has 1 aliphatic rings. The Bertz CT molecular complexity index is 250. The van der Waals surface area contributed by atoms with Gasteiger partial charge in [0.25, 0.3) is 0 Å². The molecule has 0 bridgehead atoms. The van der Waals surface area contributed by atoms with Crippen LogP contribution in [0.2, 0.25) is 0 Å². The Labute approximate surface area is 121 Å². The third-order valence-corrected chi connectivity index (χ3v) is 3.52. The minimum atomic E-state index is -0.469. The SMILES string of the molecule is CCCCO[C@@H]1O[C@H](COC)[C@@H](OC)[C@H](OC)[C@@H]1OC. The summed E-state index contributed by atoms with van der Waals surface area (Å²) in [6.07, 6.45) is 0.504. The molecular weight excluding hydrogens is 264 g/mol. The van der Waals surface area contributed by atoms with E-state index >= 15 is 0 Å². The first kappa shape index (κ1) is 17.8. The molecular formula is C14H28O6. The molecule has 1 heterocycles. The molecule has 20 heavy (non-hydrogen) atoms. The van der Waals surface area contributed by atoms with E-state index in [4.69, 9.17) is 28.4 Å². The summed E-state index contributed by atoms with van der Waals surface area (Å²) in [5, 5.41) is 0. The Balaban J connectivity index is 2.77. The molecule has 0 aliphatic carbocycles. The predicted octanol–water partition coefficient (Wildman–Crippen LogP) is 1.22. The summed E-state index contributed by atoms with van der Waals surface area (Å²) in [4.78, 5) is 0. The van der Waals surface area contributed by atoms with Gasteiger partial charge in [-0.3, -0.25) is 0 Å². The molecule has 0 radical (unpaired) electrons. The molecule has 1 aliphatic heterocycles. The Kier molecular flexibility index (Phi) is 8.60. The smallest absolute Gasteiger partial charge is 0.186 e. The molecule has 0 aromatic heterocycles. The van der Waals surface area contributed by atoms with Crippen LogP contribution in [0.25, 0.3) is 0 Å². The van der Waals surface area contributed by atoms with Gasteiger partial charge in [-0.15, -0.1) is 0 Å². The highest BCUT2D eigenvalue weighted by molar-refractivity contribution is 4.92. The summed E-state index contributed by atoms with van der Waals surface area (Å²) >= 11 is 0. The standard InChI is InChI=1S/C14H28O6/c1-6-7-8-19-14-13(18-5)12(17-4)11(16-3)10(20-14)9-15-2/h10-14H,6-9H2,1-5H3/t10-,11-,12+,13+,14-/m1/s1. The summed E-state index contributed by atoms with van der Waals surface area (Å²) in [5.74, 6) is 0. The van der Waals surface area contributed by atoms with Crippen LogP contribution in [0.4, 0.5) is 0 Å². The average molecular weight is 292 g/mol. The summed E-state index contributed by atoms with van der Waals surface area (Å²) in [5.41, 5.74) is 0. The first-order valence-corrected chi connectivity index (χ1v) is 7.07. The van der Waals surface area contributed by atoms with Crippen LogP contribution in [0, 0.1) is 0 Å². The van der Waals surface area contributed by atoms with Crippen molar-refractivity contribution in [2.75, 3.05) is 41.7 Å². The molecule has 6 heteroatoms. The molecule has 5 atom stereocenters. The van der Waals surface area contributed by atoms with Gasteiger partial charge < -0.3 is 28.4 Å². The van der Waals surface area contributed by atoms with Crippen LogP contribution in [0.3, 0.4) is 0 Å². The number of hydrogen-bond acceptors (Lipinski definition) is 6. The molecule has 0 amide bonds. The van der Waals surface area contributed by atoms with Crippen LogP contribution in [0.5, 0.6) is 0 Å². The fraction of sp³-hybridized carbons (Fsp3) is 1.00. The zero-order valence-corrected chi connectivity index (χ0v) is 13.2. The number of unbranched alkanes of at least 4 members (excludes halogenated alkanes) is 1. The van der Waals surface area contributed by atoms with E-state index in [2.05, 4.69) is 6.92 Å². The van der Waals surface area contributed by atoms with Crippen LogP contribution in [-0.4, -0.2) is 72.4 Å². The fourth-order valence-corrected chi connectivity index (χ4v) is 2.46. The molecule has 0 saturated carbocycles. The van der Waals surface area contributed by atoms with Gasteiger partial charge >= 0.3 is 0 Å². The lowest BCUT2D eigenvalue weighted by molar-refractivity contribution is -0.313. The third kappa shape index (κ3) is 4.38. The second kappa shape index (κ2) is 9.65. The van der Waals surface area contributed by atoms with Crippen molar-refractivity contribution >= 4 is 0 Å². The second-order valence-electron chi connectivity index (χ2n) is 4.82. The third-order valence-electron chi connectivity index (χ3n) is 3.52. The van der Waals surface area contributed by atoms with Gasteiger partial charge in [0, 0.05) is 35.0 Å². The average Bonchev–Trinajstić information content (AvgIpc) is 2.47. The van der Waals surface area contributed by atoms with Crippen molar-refractivity contribution in [3.05, 3.63) is 0 Å². The molecule has 1 fully saturated rings. The lowest BCUT2D eigenvalue weighted by atomic mass is 9.98. The van der Waals surface area contributed by atoms with E-state index in [1.807, 2.05) is 0 Å². The van der Waals surface area contributed by atoms with Gasteiger partial charge in [-0.1, -0.05) is 13.3 Å². The lowest BCUT2D eigenvalue weighted by Gasteiger charge is -2.44. The van der Waals surface area contributed by atoms with Gasteiger partial charge in [0.05, 0.1) is 6.61 Å². The van der Waals surface area contributed by atoms with E-state index in [-0.39, 0.29) is 24.4 Å². The highest BCUT2D eigenvalue weighted by Crippen LogP contribution is 2.28. The normalized spacial score (nSPS) is 34.4. The van der Waals surface area contributed by atoms with Crippen LogP contribution in [-0.2, 0) is 28.4 Å². The molecule has 120 valence electrons. The second-order valence-corrected chi connectivity index (χ2v) is 4.82. The first-order valence-electron chi connectivity index (χ1n) is 7.07. The lowest BCUT2D eigenvalue weighted by Crippen LogP contribution is -2.61. The fourth-order valence-electron chi connectivity index (χ4n) is 2.46. The minimum absolute atomic E-state index is 0.243. The Hall–Kier alpha value is -0.240. The van der Waals surface area contributed by atoms with Gasteiger partial charge in [0.15, 0.2) is 6.29 Å². The first-order chi connectivity index (χ1) is 9.73. The summed E-state index contributed by atoms with van der Waals surface area (Å²) in [6, 6.07) is 0. The predicted molar refractivity (Wildman–Crippen MR) is 73.8 cm³/mol. The maximum atomic E-state index is 5.94. The van der Waals surface area contributed by atoms with Crippen molar-refractivity contribution < 1.29 is 28.4 Å². The largest absolute Gasteiger partial charge is 0.382 e. The minimum Gasteiger partial charge on any atom is -0.382 e. The number of rotatable bonds is 9. The van der Waals surface area contributed by atoms with Crippen LogP contribution >= 0.6 is 0 Å². The molecule has 0 N–H and O–H groups in total. The summed E-state index contributed by atoms with van der Waals surface area (Å²) in [7, 11) is 6.53. The van der Waals surface area contributed by atoms with E-state index in [1.54, 1.807) is 28.4 Å². The Morgan fingerprint density at radius 3 is 2.05 bits per heavy atom. The maximum Gasteiger partial charge on any atom is 0.186 e. The van der Waals surface area contributed by atoms with Crippen molar-refractivity contribution in [3.63, 3.8) is 0 Å². The molecule has 6 nitrogen and oxygen atoms in total. The van der Waals surface area contributed by atoms with E-state index in [0.29, 0.717) is 13.2 Å². The molecule has 0 unspecified atom stereocenters. The molecule has 0 spiro atoms. The van der Waals surface area contributed by atoms with Crippen molar-refractivity contribution in [2.45, 2.75) is 50.5 Å². The van der Waals surface area contributed by atoms with Gasteiger partial charge in [-0.25, -0.2) is 0 Å². The van der Waals surface area contributed by atoms with Crippen LogP contribution in [0.1, 0.15) is 19.8 Å². The highest BCUT2D eigenvalue weighted by Gasteiger charge is 2.47. The van der Waals surface area contributed by atoms with Gasteiger partial charge in [0.2, 0.25) is 0 Å². The van der Waals surface area contributed by atoms with Gasteiger partial charge in [-0.05, 0) is 6.42 Å². The zero-order valence-electron chi connectivity index (χ0n) is 13.2. The number of methoxy groups -OCH3 is 4.